The van der Waals surface area contributed by atoms with E-state index < -0.39 is 16.1 Å². The van der Waals surface area contributed by atoms with Crippen LogP contribution >= 0.6 is 11.6 Å². The molecule has 0 spiro atoms. The molecule has 0 saturated heterocycles. The minimum atomic E-state index is -3.60. The Morgan fingerprint density at radius 1 is 1.40 bits per heavy atom. The molecular formula is C13H19ClN2O3S. The number of likely N-dealkylation sites (N-methyl/N-ethyl adjacent to an activating group) is 1. The second kappa shape index (κ2) is 6.95. The lowest BCUT2D eigenvalue weighted by atomic mass is 10.2. The Bertz CT molecular complexity index is 575. The van der Waals surface area contributed by atoms with Gasteiger partial charge in [0.2, 0.25) is 15.9 Å². The van der Waals surface area contributed by atoms with Crippen molar-refractivity contribution in [3.8, 4) is 0 Å². The molecule has 0 radical (unpaired) electrons. The Balaban J connectivity index is 3.29. The molecular weight excluding hydrogens is 300 g/mol. The van der Waals surface area contributed by atoms with Crippen LogP contribution in [0.15, 0.2) is 24.3 Å². The van der Waals surface area contributed by atoms with Crippen LogP contribution < -0.4 is 9.62 Å². The molecule has 0 fully saturated rings. The van der Waals surface area contributed by atoms with Gasteiger partial charge in [-0.2, -0.15) is 0 Å². The van der Waals surface area contributed by atoms with Crippen molar-refractivity contribution in [1.29, 1.82) is 0 Å². The second-order valence-corrected chi connectivity index (χ2v) is 6.65. The number of hydrogen-bond donors (Lipinski definition) is 1. The van der Waals surface area contributed by atoms with E-state index in [4.69, 9.17) is 11.6 Å². The highest BCUT2D eigenvalue weighted by Crippen LogP contribution is 2.25. The van der Waals surface area contributed by atoms with Crippen LogP contribution in [0.4, 0.5) is 5.69 Å². The van der Waals surface area contributed by atoms with Gasteiger partial charge < -0.3 is 5.32 Å². The van der Waals surface area contributed by atoms with E-state index in [0.29, 0.717) is 23.7 Å². The topological polar surface area (TPSA) is 66.5 Å². The average molecular weight is 319 g/mol. The third-order valence-corrected chi connectivity index (χ3v) is 4.16. The zero-order valence-corrected chi connectivity index (χ0v) is 13.3. The summed E-state index contributed by atoms with van der Waals surface area (Å²) < 4.78 is 25.2. The van der Waals surface area contributed by atoms with Gasteiger partial charge >= 0.3 is 0 Å². The fourth-order valence-electron chi connectivity index (χ4n) is 1.97. The lowest BCUT2D eigenvalue weighted by molar-refractivity contribution is -0.122. The molecule has 1 aromatic carbocycles. The number of hydrogen-bond acceptors (Lipinski definition) is 3. The van der Waals surface area contributed by atoms with Gasteiger partial charge in [0.05, 0.1) is 11.9 Å². The summed E-state index contributed by atoms with van der Waals surface area (Å²) in [6.07, 6.45) is 1.45. The number of rotatable bonds is 6. The largest absolute Gasteiger partial charge is 0.355 e. The highest BCUT2D eigenvalue weighted by molar-refractivity contribution is 7.92. The summed E-state index contributed by atoms with van der Waals surface area (Å²) >= 11 is 5.91. The van der Waals surface area contributed by atoms with Crippen molar-refractivity contribution in [1.82, 2.24) is 5.32 Å². The van der Waals surface area contributed by atoms with E-state index in [-0.39, 0.29) is 5.91 Å². The lowest BCUT2D eigenvalue weighted by Crippen LogP contribution is -2.49. The zero-order valence-electron chi connectivity index (χ0n) is 11.8. The molecule has 0 aliphatic rings. The molecule has 112 valence electrons. The third-order valence-electron chi connectivity index (χ3n) is 2.74. The smallest absolute Gasteiger partial charge is 0.243 e. The number of nitrogens with zero attached hydrogens (tertiary/aromatic N) is 1. The van der Waals surface area contributed by atoms with E-state index in [9.17, 15) is 13.2 Å². The first-order valence-electron chi connectivity index (χ1n) is 6.34. The minimum absolute atomic E-state index is 0.319. The number of amides is 1. The van der Waals surface area contributed by atoms with E-state index in [1.54, 1.807) is 32.0 Å². The monoisotopic (exact) mass is 318 g/mol. The normalized spacial score (nSPS) is 12.8. The van der Waals surface area contributed by atoms with Crippen molar-refractivity contribution < 1.29 is 13.2 Å². The van der Waals surface area contributed by atoms with E-state index in [0.717, 1.165) is 10.6 Å². The summed E-state index contributed by atoms with van der Waals surface area (Å²) in [4.78, 5) is 12.1. The molecule has 0 aromatic heterocycles. The molecule has 1 N–H and O–H groups in total. The van der Waals surface area contributed by atoms with Crippen molar-refractivity contribution in [2.24, 2.45) is 0 Å². The Hall–Kier alpha value is -1.27. The molecule has 0 aliphatic heterocycles. The fraction of sp³-hybridized carbons (Fsp3) is 0.462. The van der Waals surface area contributed by atoms with Crippen LogP contribution in [0.3, 0.4) is 0 Å². The van der Waals surface area contributed by atoms with Gasteiger partial charge in [-0.3, -0.25) is 9.10 Å². The molecule has 7 heteroatoms. The lowest BCUT2D eigenvalue weighted by Gasteiger charge is -2.30. The van der Waals surface area contributed by atoms with E-state index in [2.05, 4.69) is 5.32 Å². The second-order valence-electron chi connectivity index (χ2n) is 4.36. The number of anilines is 1. The first-order chi connectivity index (χ1) is 9.31. The minimum Gasteiger partial charge on any atom is -0.355 e. The molecule has 0 heterocycles. The maximum Gasteiger partial charge on any atom is 0.243 e. The summed E-state index contributed by atoms with van der Waals surface area (Å²) in [5, 5.41) is 3.07. The number of sulfonamides is 1. The van der Waals surface area contributed by atoms with Crippen molar-refractivity contribution >= 4 is 33.2 Å². The molecule has 1 aromatic rings. The third kappa shape index (κ3) is 4.11. The van der Waals surface area contributed by atoms with Gasteiger partial charge in [0, 0.05) is 11.6 Å². The molecule has 1 rings (SSSR count). The summed E-state index contributed by atoms with van der Waals surface area (Å²) in [5.74, 6) is -0.319. The van der Waals surface area contributed by atoms with Crippen LogP contribution in [0.1, 0.15) is 20.3 Å². The van der Waals surface area contributed by atoms with Crippen LogP contribution in [0, 0.1) is 0 Å². The summed E-state index contributed by atoms with van der Waals surface area (Å²) in [5.41, 5.74) is 0.387. The van der Waals surface area contributed by atoms with Gasteiger partial charge in [-0.15, -0.1) is 0 Å². The Morgan fingerprint density at radius 2 is 2.05 bits per heavy atom. The first-order valence-corrected chi connectivity index (χ1v) is 8.56. The SMILES string of the molecule is CCNC(=O)C(CC)N(c1cccc(Cl)c1)S(C)(=O)=O. The van der Waals surface area contributed by atoms with Gasteiger partial charge in [0.25, 0.3) is 0 Å². The highest BCUT2D eigenvalue weighted by atomic mass is 35.5. The Labute approximate surface area is 125 Å². The summed E-state index contributed by atoms with van der Waals surface area (Å²) in [6, 6.07) is 5.67. The van der Waals surface area contributed by atoms with Crippen molar-refractivity contribution in [3.63, 3.8) is 0 Å². The molecule has 0 bridgehead atoms. The summed E-state index contributed by atoms with van der Waals surface area (Å²) in [7, 11) is -3.60. The van der Waals surface area contributed by atoms with E-state index in [1.807, 2.05) is 0 Å². The van der Waals surface area contributed by atoms with Crippen LogP contribution in [-0.2, 0) is 14.8 Å². The number of carbonyl (C=O) groups excluding carboxylic acids is 1. The molecule has 5 nitrogen and oxygen atoms in total. The van der Waals surface area contributed by atoms with Crippen molar-refractivity contribution in [2.45, 2.75) is 26.3 Å². The average Bonchev–Trinajstić information content (AvgIpc) is 2.34. The van der Waals surface area contributed by atoms with E-state index >= 15 is 0 Å². The predicted octanol–water partition coefficient (Wildman–Crippen LogP) is 2.02. The van der Waals surface area contributed by atoms with Crippen molar-refractivity contribution in [3.05, 3.63) is 29.3 Å². The molecule has 1 unspecified atom stereocenters. The fourth-order valence-corrected chi connectivity index (χ4v) is 3.35. The maximum atomic E-state index is 12.1. The molecule has 20 heavy (non-hydrogen) atoms. The maximum absolute atomic E-state index is 12.1. The first kappa shape index (κ1) is 16.8. The van der Waals surface area contributed by atoms with Crippen molar-refractivity contribution in [2.75, 3.05) is 17.1 Å². The molecule has 1 amide bonds. The predicted molar refractivity (Wildman–Crippen MR) is 81.5 cm³/mol. The van der Waals surface area contributed by atoms with Crippen LogP contribution in [0.5, 0.6) is 0 Å². The highest BCUT2D eigenvalue weighted by Gasteiger charge is 2.31. The standard InChI is InChI=1S/C13H19ClN2O3S/c1-4-12(13(17)15-5-2)16(20(3,18)19)11-8-6-7-10(14)9-11/h6-9,12H,4-5H2,1-3H3,(H,15,17). The van der Waals surface area contributed by atoms with Gasteiger partial charge in [-0.05, 0) is 31.5 Å². The molecule has 0 aliphatic carbocycles. The molecule has 0 saturated carbocycles. The quantitative estimate of drug-likeness (QED) is 0.872. The number of benzene rings is 1. The Kier molecular flexibility index (Phi) is 5.83. The molecule has 1 atom stereocenters. The number of nitrogens with one attached hydrogen (secondary N) is 1. The number of halogens is 1. The Morgan fingerprint density at radius 3 is 2.50 bits per heavy atom. The van der Waals surface area contributed by atoms with Crippen LogP contribution in [0.25, 0.3) is 0 Å². The van der Waals surface area contributed by atoms with Crippen LogP contribution in [0.2, 0.25) is 5.02 Å². The zero-order chi connectivity index (χ0) is 15.3. The van der Waals surface area contributed by atoms with Gasteiger partial charge in [-0.25, -0.2) is 8.42 Å². The van der Waals surface area contributed by atoms with E-state index in [1.165, 1.54) is 6.07 Å². The van der Waals surface area contributed by atoms with Crippen LogP contribution in [-0.4, -0.2) is 33.2 Å². The van der Waals surface area contributed by atoms with Gasteiger partial charge in [-0.1, -0.05) is 24.6 Å². The van der Waals surface area contributed by atoms with Gasteiger partial charge in [0.15, 0.2) is 0 Å². The van der Waals surface area contributed by atoms with Gasteiger partial charge in [0.1, 0.15) is 6.04 Å². The summed E-state index contributed by atoms with van der Waals surface area (Å²) in [6.45, 7) is 4.00. The number of carbonyl (C=O) groups is 1.